The lowest BCUT2D eigenvalue weighted by Crippen LogP contribution is -2.07. The summed E-state index contributed by atoms with van der Waals surface area (Å²) < 4.78 is 51.7. The van der Waals surface area contributed by atoms with Crippen LogP contribution in [-0.2, 0) is 6.18 Å². The van der Waals surface area contributed by atoms with Crippen LogP contribution in [0.5, 0.6) is 0 Å². The van der Waals surface area contributed by atoms with E-state index in [1.54, 1.807) is 0 Å². The number of rotatable bonds is 5. The molecule has 0 radical (unpaired) electrons. The Labute approximate surface area is 155 Å². The highest BCUT2D eigenvalue weighted by atomic mass is 19.4. The van der Waals surface area contributed by atoms with Crippen LogP contribution in [0.4, 0.5) is 46.3 Å². The number of halogens is 4. The molecule has 7 nitrogen and oxygen atoms in total. The largest absolute Gasteiger partial charge is 0.416 e. The highest BCUT2D eigenvalue weighted by Gasteiger charge is 2.30. The Morgan fingerprint density at radius 2 is 1.54 bits per heavy atom. The topological polar surface area (TPSA) is 93.0 Å². The molecule has 0 fully saturated rings. The Morgan fingerprint density at radius 1 is 0.929 bits per heavy atom. The maximum absolute atomic E-state index is 13.8. The number of hydrogen-bond acceptors (Lipinski definition) is 6. The molecular formula is C17H11F4N5O2. The number of benzene rings is 2. The van der Waals surface area contributed by atoms with Gasteiger partial charge >= 0.3 is 11.9 Å². The zero-order chi connectivity index (χ0) is 20.3. The Balaban J connectivity index is 1.93. The molecule has 3 rings (SSSR count). The molecule has 0 aliphatic rings. The van der Waals surface area contributed by atoms with E-state index in [0.29, 0.717) is 0 Å². The van der Waals surface area contributed by atoms with Gasteiger partial charge in [-0.2, -0.15) is 13.2 Å². The van der Waals surface area contributed by atoms with Crippen molar-refractivity contribution in [2.45, 2.75) is 6.18 Å². The maximum Gasteiger partial charge on any atom is 0.416 e. The van der Waals surface area contributed by atoms with Crippen LogP contribution in [-0.4, -0.2) is 14.9 Å². The summed E-state index contributed by atoms with van der Waals surface area (Å²) >= 11 is 0. The number of para-hydroxylation sites is 1. The van der Waals surface area contributed by atoms with Gasteiger partial charge in [0.25, 0.3) is 0 Å². The summed E-state index contributed by atoms with van der Waals surface area (Å²) in [6, 6.07) is 9.38. The molecule has 0 bridgehead atoms. The Bertz CT molecular complexity index is 1010. The van der Waals surface area contributed by atoms with Crippen LogP contribution in [0.15, 0.2) is 54.9 Å². The number of nitrogens with zero attached hydrogens (tertiary/aromatic N) is 3. The molecule has 1 aromatic heterocycles. The molecule has 0 amide bonds. The van der Waals surface area contributed by atoms with Crippen molar-refractivity contribution in [2.75, 3.05) is 10.6 Å². The third-order valence-electron chi connectivity index (χ3n) is 3.61. The fourth-order valence-electron chi connectivity index (χ4n) is 2.30. The van der Waals surface area contributed by atoms with Crippen molar-refractivity contribution in [1.29, 1.82) is 0 Å². The van der Waals surface area contributed by atoms with Crippen molar-refractivity contribution >= 4 is 28.7 Å². The minimum absolute atomic E-state index is 0.0372. The third-order valence-corrected chi connectivity index (χ3v) is 3.61. The second-order valence-electron chi connectivity index (χ2n) is 5.48. The summed E-state index contributed by atoms with van der Waals surface area (Å²) in [6.07, 6.45) is -3.50. The van der Waals surface area contributed by atoms with E-state index in [1.807, 2.05) is 0 Å². The van der Waals surface area contributed by atoms with E-state index >= 15 is 0 Å². The molecule has 0 unspecified atom stereocenters. The fourth-order valence-corrected chi connectivity index (χ4v) is 2.30. The molecule has 28 heavy (non-hydrogen) atoms. The molecule has 144 valence electrons. The smallest absolute Gasteiger partial charge is 0.334 e. The van der Waals surface area contributed by atoms with E-state index in [-0.39, 0.29) is 23.0 Å². The molecule has 0 aliphatic carbocycles. The Morgan fingerprint density at radius 3 is 2.11 bits per heavy atom. The quantitative estimate of drug-likeness (QED) is 0.359. The van der Waals surface area contributed by atoms with Crippen molar-refractivity contribution in [3.63, 3.8) is 0 Å². The van der Waals surface area contributed by atoms with Crippen molar-refractivity contribution in [3.05, 3.63) is 76.4 Å². The molecule has 11 heteroatoms. The predicted octanol–water partition coefficient (Wildman–Crippen LogP) is 5.03. The minimum Gasteiger partial charge on any atom is -0.334 e. The second kappa shape index (κ2) is 7.47. The highest BCUT2D eigenvalue weighted by Crippen LogP contribution is 2.34. The van der Waals surface area contributed by atoms with Crippen LogP contribution in [0, 0.1) is 15.9 Å². The lowest BCUT2D eigenvalue weighted by molar-refractivity contribution is -0.383. The third kappa shape index (κ3) is 4.14. The first-order valence-corrected chi connectivity index (χ1v) is 7.71. The van der Waals surface area contributed by atoms with Gasteiger partial charge in [0, 0.05) is 5.69 Å². The van der Waals surface area contributed by atoms with E-state index < -0.39 is 28.2 Å². The first-order valence-electron chi connectivity index (χ1n) is 7.71. The minimum atomic E-state index is -4.50. The van der Waals surface area contributed by atoms with Crippen LogP contribution in [0.1, 0.15) is 5.56 Å². The van der Waals surface area contributed by atoms with Gasteiger partial charge < -0.3 is 10.6 Å². The second-order valence-corrected chi connectivity index (χ2v) is 5.48. The van der Waals surface area contributed by atoms with Gasteiger partial charge in [0.2, 0.25) is 11.6 Å². The van der Waals surface area contributed by atoms with Crippen molar-refractivity contribution in [3.8, 4) is 0 Å². The molecule has 0 atom stereocenters. The maximum atomic E-state index is 13.8. The summed E-state index contributed by atoms with van der Waals surface area (Å²) in [7, 11) is 0. The van der Waals surface area contributed by atoms with Crippen LogP contribution >= 0.6 is 0 Å². The Kier molecular flexibility index (Phi) is 5.07. The van der Waals surface area contributed by atoms with Crippen molar-refractivity contribution < 1.29 is 22.5 Å². The number of alkyl halides is 3. The number of nitrogens with one attached hydrogen (secondary N) is 2. The van der Waals surface area contributed by atoms with Gasteiger partial charge in [-0.05, 0) is 36.4 Å². The summed E-state index contributed by atoms with van der Waals surface area (Å²) in [5, 5.41) is 16.6. The molecule has 3 aromatic rings. The molecule has 2 aromatic carbocycles. The van der Waals surface area contributed by atoms with Gasteiger partial charge in [-0.1, -0.05) is 12.1 Å². The Hall–Kier alpha value is -3.76. The molecule has 0 aliphatic heterocycles. The summed E-state index contributed by atoms with van der Waals surface area (Å²) in [5.74, 6) is -1.19. The highest BCUT2D eigenvalue weighted by molar-refractivity contribution is 5.76. The van der Waals surface area contributed by atoms with E-state index in [4.69, 9.17) is 0 Å². The average Bonchev–Trinajstić information content (AvgIpc) is 2.63. The number of nitro groups is 1. The van der Waals surface area contributed by atoms with Crippen LogP contribution in [0.3, 0.4) is 0 Å². The van der Waals surface area contributed by atoms with Crippen LogP contribution in [0.2, 0.25) is 0 Å². The van der Waals surface area contributed by atoms with E-state index in [0.717, 1.165) is 36.7 Å². The van der Waals surface area contributed by atoms with Crippen molar-refractivity contribution in [1.82, 2.24) is 9.97 Å². The normalized spacial score (nSPS) is 11.1. The SMILES string of the molecule is O=[N+]([O-])c1c(Nc2ccc(C(F)(F)F)cc2)ncnc1Nc1ccccc1F. The fraction of sp³-hybridized carbons (Fsp3) is 0.0588. The number of hydrogen-bond donors (Lipinski definition) is 2. The standard InChI is InChI=1S/C17H11F4N5O2/c18-12-3-1-2-4-13(12)25-16-14(26(27)28)15(22-9-23-16)24-11-7-5-10(6-8-11)17(19,20)21/h1-9H,(H2,22,23,24,25). The van der Waals surface area contributed by atoms with Gasteiger partial charge in [-0.3, -0.25) is 10.1 Å². The van der Waals surface area contributed by atoms with Gasteiger partial charge in [-0.25, -0.2) is 14.4 Å². The molecule has 0 saturated carbocycles. The van der Waals surface area contributed by atoms with Crippen LogP contribution < -0.4 is 10.6 Å². The monoisotopic (exact) mass is 393 g/mol. The van der Waals surface area contributed by atoms with Gasteiger partial charge in [0.1, 0.15) is 12.1 Å². The summed E-state index contributed by atoms with van der Waals surface area (Å²) in [6.45, 7) is 0. The summed E-state index contributed by atoms with van der Waals surface area (Å²) in [5.41, 5.74) is -1.35. The zero-order valence-corrected chi connectivity index (χ0v) is 13.9. The van der Waals surface area contributed by atoms with E-state index in [2.05, 4.69) is 20.6 Å². The van der Waals surface area contributed by atoms with Gasteiger partial charge in [0.05, 0.1) is 16.2 Å². The lowest BCUT2D eigenvalue weighted by Gasteiger charge is -2.11. The van der Waals surface area contributed by atoms with Gasteiger partial charge in [0.15, 0.2) is 0 Å². The van der Waals surface area contributed by atoms with Gasteiger partial charge in [-0.15, -0.1) is 0 Å². The molecule has 2 N–H and O–H groups in total. The lowest BCUT2D eigenvalue weighted by atomic mass is 10.2. The van der Waals surface area contributed by atoms with Crippen LogP contribution in [0.25, 0.3) is 0 Å². The summed E-state index contributed by atoms with van der Waals surface area (Å²) in [4.78, 5) is 18.3. The predicted molar refractivity (Wildman–Crippen MR) is 93.1 cm³/mol. The molecule has 1 heterocycles. The number of anilines is 4. The van der Waals surface area contributed by atoms with Crippen molar-refractivity contribution in [2.24, 2.45) is 0 Å². The first-order chi connectivity index (χ1) is 13.3. The number of aromatic nitrogens is 2. The zero-order valence-electron chi connectivity index (χ0n) is 13.9. The molecule has 0 spiro atoms. The van der Waals surface area contributed by atoms with E-state index in [1.165, 1.54) is 18.2 Å². The average molecular weight is 393 g/mol. The van der Waals surface area contributed by atoms with E-state index in [9.17, 15) is 27.7 Å². The molecular weight excluding hydrogens is 382 g/mol. The first kappa shape index (κ1) is 19.0. The molecule has 0 saturated heterocycles.